The van der Waals surface area contributed by atoms with Crippen molar-refractivity contribution >= 4 is 23.4 Å². The maximum Gasteiger partial charge on any atom is 0.362 e. The van der Waals surface area contributed by atoms with Gasteiger partial charge < -0.3 is 5.21 Å². The van der Waals surface area contributed by atoms with E-state index in [9.17, 15) is 9.59 Å². The zero-order chi connectivity index (χ0) is 12.4. The molecule has 7 heteroatoms. The normalized spacial score (nSPS) is 10.4. The molecule has 0 atom stereocenters. The third kappa shape index (κ3) is 2.72. The number of nitrogens with one attached hydrogen (secondary N) is 1. The van der Waals surface area contributed by atoms with Gasteiger partial charge in [-0.1, -0.05) is 34.2 Å². The molecule has 0 saturated carbocycles. The number of benzene rings is 1. The number of hydrogen-bond acceptors (Lipinski definition) is 4. The number of hydrogen-bond donors (Lipinski definition) is 2. The lowest BCUT2D eigenvalue weighted by atomic mass is 10.4. The quantitative estimate of drug-likeness (QED) is 0.642. The van der Waals surface area contributed by atoms with Crippen LogP contribution < -0.4 is 11.2 Å². The molecule has 17 heavy (non-hydrogen) atoms. The lowest BCUT2D eigenvalue weighted by Crippen LogP contribution is -2.32. The molecule has 0 aliphatic carbocycles. The zero-order valence-electron chi connectivity index (χ0n) is 8.38. The number of rotatable bonds is 2. The fourth-order valence-electron chi connectivity index (χ4n) is 1.18. The molecule has 2 aromatic rings. The maximum absolute atomic E-state index is 11.2. The third-order valence-corrected chi connectivity index (χ3v) is 3.07. The van der Waals surface area contributed by atoms with Gasteiger partial charge in [-0.2, -0.15) is 0 Å². The molecule has 0 radical (unpaired) electrons. The summed E-state index contributed by atoms with van der Waals surface area (Å²) in [5.74, 6) is 0. The molecule has 0 saturated heterocycles. The zero-order valence-corrected chi connectivity index (χ0v) is 9.96. The molecule has 0 aliphatic heterocycles. The Hall–Kier alpha value is -1.66. The molecule has 1 aromatic heterocycles. The summed E-state index contributed by atoms with van der Waals surface area (Å²) in [7, 11) is 0. The van der Waals surface area contributed by atoms with E-state index in [0.29, 0.717) is 10.0 Å². The monoisotopic (exact) mass is 270 g/mol. The summed E-state index contributed by atoms with van der Waals surface area (Å²) >= 11 is 6.98. The van der Waals surface area contributed by atoms with E-state index in [2.05, 4.69) is 4.98 Å². The minimum absolute atomic E-state index is 0.0159. The van der Waals surface area contributed by atoms with Crippen molar-refractivity contribution in [1.29, 1.82) is 0 Å². The van der Waals surface area contributed by atoms with E-state index < -0.39 is 11.2 Å². The van der Waals surface area contributed by atoms with Crippen molar-refractivity contribution in [3.05, 3.63) is 56.2 Å². The second-order valence-corrected chi connectivity index (χ2v) is 4.70. The topological polar surface area (TPSA) is 75.1 Å². The molecule has 2 N–H and O–H groups in total. The van der Waals surface area contributed by atoms with Crippen molar-refractivity contribution < 1.29 is 5.21 Å². The summed E-state index contributed by atoms with van der Waals surface area (Å²) in [5, 5.41) is 9.87. The Morgan fingerprint density at radius 1 is 1.29 bits per heavy atom. The van der Waals surface area contributed by atoms with E-state index in [0.717, 1.165) is 11.0 Å². The van der Waals surface area contributed by atoms with Crippen LogP contribution in [-0.4, -0.2) is 14.9 Å². The predicted molar refractivity (Wildman–Crippen MR) is 64.1 cm³/mol. The molecule has 0 fully saturated rings. The Bertz CT molecular complexity index is 634. The minimum Gasteiger partial charge on any atom is -0.421 e. The highest BCUT2D eigenvalue weighted by Crippen LogP contribution is 2.26. The third-order valence-electron chi connectivity index (χ3n) is 1.91. The SMILES string of the molecule is O=c1cc(Sc2cccc(Cl)c2)[nH]c(=O)n1O. The van der Waals surface area contributed by atoms with Crippen LogP contribution in [-0.2, 0) is 0 Å². The molecule has 1 aromatic carbocycles. The van der Waals surface area contributed by atoms with Crippen LogP contribution in [0, 0.1) is 0 Å². The number of aromatic amines is 1. The van der Waals surface area contributed by atoms with Crippen molar-refractivity contribution in [2.75, 3.05) is 0 Å². The van der Waals surface area contributed by atoms with E-state index >= 15 is 0 Å². The van der Waals surface area contributed by atoms with Crippen LogP contribution in [0.15, 0.2) is 49.8 Å². The Morgan fingerprint density at radius 2 is 2.06 bits per heavy atom. The summed E-state index contributed by atoms with van der Waals surface area (Å²) in [5.41, 5.74) is -1.65. The van der Waals surface area contributed by atoms with E-state index in [1.54, 1.807) is 24.3 Å². The molecule has 0 aliphatic rings. The first-order valence-corrected chi connectivity index (χ1v) is 5.75. The molecule has 88 valence electrons. The smallest absolute Gasteiger partial charge is 0.362 e. The van der Waals surface area contributed by atoms with Crippen LogP contribution in [0.1, 0.15) is 0 Å². The van der Waals surface area contributed by atoms with E-state index in [1.165, 1.54) is 11.8 Å². The first kappa shape index (κ1) is 11.8. The van der Waals surface area contributed by atoms with Gasteiger partial charge in [-0.15, -0.1) is 0 Å². The second kappa shape index (κ2) is 4.68. The highest BCUT2D eigenvalue weighted by atomic mass is 35.5. The molecule has 0 bridgehead atoms. The fraction of sp³-hybridized carbons (Fsp3) is 0. The van der Waals surface area contributed by atoms with Crippen LogP contribution in [0.25, 0.3) is 0 Å². The summed E-state index contributed by atoms with van der Waals surface area (Å²) in [4.78, 5) is 25.4. The van der Waals surface area contributed by atoms with Gasteiger partial charge >= 0.3 is 5.69 Å². The van der Waals surface area contributed by atoms with E-state index in [4.69, 9.17) is 16.8 Å². The van der Waals surface area contributed by atoms with Gasteiger partial charge in [0, 0.05) is 16.0 Å². The van der Waals surface area contributed by atoms with Crippen LogP contribution >= 0.6 is 23.4 Å². The summed E-state index contributed by atoms with van der Waals surface area (Å²) in [6.07, 6.45) is 0. The molecule has 0 amide bonds. The molecular weight excluding hydrogens is 264 g/mol. The van der Waals surface area contributed by atoms with Crippen LogP contribution in [0.4, 0.5) is 0 Å². The highest BCUT2D eigenvalue weighted by molar-refractivity contribution is 7.99. The van der Waals surface area contributed by atoms with Crippen LogP contribution in [0.2, 0.25) is 5.02 Å². The average Bonchev–Trinajstić information content (AvgIpc) is 2.26. The average molecular weight is 271 g/mol. The number of nitrogens with zero attached hydrogens (tertiary/aromatic N) is 1. The van der Waals surface area contributed by atoms with Gasteiger partial charge in [0.05, 0.1) is 5.03 Å². The molecule has 0 unspecified atom stereocenters. The summed E-state index contributed by atoms with van der Waals surface area (Å²) in [6, 6.07) is 8.11. The molecule has 1 heterocycles. The van der Waals surface area contributed by atoms with Crippen LogP contribution in [0.3, 0.4) is 0 Å². The van der Waals surface area contributed by atoms with E-state index in [1.807, 2.05) is 0 Å². The van der Waals surface area contributed by atoms with Crippen molar-refractivity contribution in [2.24, 2.45) is 0 Å². The largest absolute Gasteiger partial charge is 0.421 e. The molecule has 0 spiro atoms. The first-order chi connectivity index (χ1) is 8.06. The van der Waals surface area contributed by atoms with Gasteiger partial charge in [0.15, 0.2) is 0 Å². The molecule has 5 nitrogen and oxygen atoms in total. The minimum atomic E-state index is -0.873. The number of halogens is 1. The van der Waals surface area contributed by atoms with Crippen molar-refractivity contribution in [3.8, 4) is 0 Å². The Kier molecular flexibility index (Phi) is 3.26. The predicted octanol–water partition coefficient (Wildman–Crippen LogP) is 1.58. The molecular formula is C10H7ClN2O3S. The Balaban J connectivity index is 2.37. The maximum atomic E-state index is 11.2. The van der Waals surface area contributed by atoms with Crippen molar-refractivity contribution in [3.63, 3.8) is 0 Å². The van der Waals surface area contributed by atoms with Gasteiger partial charge in [-0.25, -0.2) is 4.79 Å². The lowest BCUT2D eigenvalue weighted by molar-refractivity contribution is 0.159. The molecule has 2 rings (SSSR count). The van der Waals surface area contributed by atoms with Gasteiger partial charge in [-0.3, -0.25) is 9.78 Å². The number of H-pyrrole nitrogens is 1. The standard InChI is InChI=1S/C10H7ClN2O3S/c11-6-2-1-3-7(4-6)17-8-5-9(14)13(16)10(15)12-8/h1-5,16H,(H,12,15). The fourth-order valence-corrected chi connectivity index (χ4v) is 2.32. The van der Waals surface area contributed by atoms with Gasteiger partial charge in [-0.05, 0) is 18.2 Å². The lowest BCUT2D eigenvalue weighted by Gasteiger charge is -2.02. The second-order valence-electron chi connectivity index (χ2n) is 3.15. The van der Waals surface area contributed by atoms with Gasteiger partial charge in [0.2, 0.25) is 0 Å². The Labute approximate surface area is 105 Å². The number of aromatic nitrogens is 2. The van der Waals surface area contributed by atoms with Gasteiger partial charge in [0.1, 0.15) is 0 Å². The summed E-state index contributed by atoms with van der Waals surface area (Å²) in [6.45, 7) is 0. The highest BCUT2D eigenvalue weighted by Gasteiger charge is 2.04. The van der Waals surface area contributed by atoms with E-state index in [-0.39, 0.29) is 4.73 Å². The van der Waals surface area contributed by atoms with Crippen LogP contribution in [0.5, 0.6) is 0 Å². The summed E-state index contributed by atoms with van der Waals surface area (Å²) < 4.78 is 0.0159. The first-order valence-electron chi connectivity index (χ1n) is 4.55. The van der Waals surface area contributed by atoms with Crippen molar-refractivity contribution in [2.45, 2.75) is 9.92 Å². The van der Waals surface area contributed by atoms with Crippen molar-refractivity contribution in [1.82, 2.24) is 9.71 Å². The Morgan fingerprint density at radius 3 is 2.71 bits per heavy atom. The van der Waals surface area contributed by atoms with Gasteiger partial charge in [0.25, 0.3) is 5.56 Å².